The predicted molar refractivity (Wildman–Crippen MR) is 71.0 cm³/mol. The van der Waals surface area contributed by atoms with Crippen molar-refractivity contribution in [1.29, 1.82) is 0 Å². The Morgan fingerprint density at radius 3 is 2.88 bits per heavy atom. The van der Waals surface area contributed by atoms with E-state index in [4.69, 9.17) is 0 Å². The van der Waals surface area contributed by atoms with E-state index in [9.17, 15) is 5.11 Å². The molecule has 0 radical (unpaired) electrons. The van der Waals surface area contributed by atoms with Crippen LogP contribution in [0, 0.1) is 0 Å². The number of hydrogen-bond acceptors (Lipinski definition) is 3. The van der Waals surface area contributed by atoms with Crippen LogP contribution >= 0.6 is 11.3 Å². The highest BCUT2D eigenvalue weighted by molar-refractivity contribution is 7.09. The maximum absolute atomic E-state index is 10.0. The molecule has 2 nitrogen and oxygen atoms in total. The molecule has 0 fully saturated rings. The molecule has 1 rings (SSSR count). The van der Waals surface area contributed by atoms with Crippen LogP contribution in [-0.2, 0) is 6.42 Å². The Balaban J connectivity index is 2.27. The van der Waals surface area contributed by atoms with Crippen LogP contribution in [0.5, 0.6) is 0 Å². The van der Waals surface area contributed by atoms with E-state index < -0.39 is 5.60 Å². The van der Waals surface area contributed by atoms with Gasteiger partial charge in [-0.1, -0.05) is 19.4 Å². The largest absolute Gasteiger partial charge is 0.389 e. The highest BCUT2D eigenvalue weighted by Gasteiger charge is 2.19. The lowest BCUT2D eigenvalue weighted by atomic mass is 10.0. The molecule has 0 aromatic carbocycles. The van der Waals surface area contributed by atoms with Crippen molar-refractivity contribution in [3.63, 3.8) is 0 Å². The summed E-state index contributed by atoms with van der Waals surface area (Å²) in [4.78, 5) is 1.40. The second-order valence-corrected chi connectivity index (χ2v) is 5.84. The van der Waals surface area contributed by atoms with E-state index in [0.717, 1.165) is 19.3 Å². The van der Waals surface area contributed by atoms with E-state index >= 15 is 0 Å². The van der Waals surface area contributed by atoms with Gasteiger partial charge in [-0.2, -0.15) is 0 Å². The van der Waals surface area contributed by atoms with Crippen molar-refractivity contribution >= 4 is 11.3 Å². The number of thiophene rings is 1. The maximum Gasteiger partial charge on any atom is 0.0743 e. The van der Waals surface area contributed by atoms with Gasteiger partial charge in [-0.05, 0) is 38.1 Å². The van der Waals surface area contributed by atoms with E-state index in [0.29, 0.717) is 12.6 Å². The minimum Gasteiger partial charge on any atom is -0.389 e. The van der Waals surface area contributed by atoms with E-state index in [1.54, 1.807) is 11.3 Å². The second-order valence-electron chi connectivity index (χ2n) is 4.81. The average molecular weight is 241 g/mol. The zero-order valence-electron chi connectivity index (χ0n) is 10.5. The van der Waals surface area contributed by atoms with Gasteiger partial charge in [0.05, 0.1) is 5.60 Å². The molecule has 0 aliphatic rings. The summed E-state index contributed by atoms with van der Waals surface area (Å²) >= 11 is 1.79. The highest BCUT2D eigenvalue weighted by atomic mass is 32.1. The van der Waals surface area contributed by atoms with Gasteiger partial charge in [0, 0.05) is 17.5 Å². The van der Waals surface area contributed by atoms with Crippen molar-refractivity contribution in [2.45, 2.75) is 51.7 Å². The molecule has 92 valence electrons. The Bertz CT molecular complexity index is 282. The normalized spacial score (nSPS) is 17.0. The van der Waals surface area contributed by atoms with Crippen LogP contribution in [-0.4, -0.2) is 23.3 Å². The number of nitrogens with one attached hydrogen (secondary N) is 1. The first-order valence-electron chi connectivity index (χ1n) is 6.01. The summed E-state index contributed by atoms with van der Waals surface area (Å²) in [5, 5.41) is 15.5. The molecule has 0 saturated heterocycles. The molecule has 1 aromatic rings. The molecule has 0 aliphatic heterocycles. The van der Waals surface area contributed by atoms with Gasteiger partial charge in [0.15, 0.2) is 0 Å². The third-order valence-corrected chi connectivity index (χ3v) is 3.61. The van der Waals surface area contributed by atoms with Gasteiger partial charge in [-0.15, -0.1) is 11.3 Å². The topological polar surface area (TPSA) is 32.3 Å². The summed E-state index contributed by atoms with van der Waals surface area (Å²) in [6, 6.07) is 4.66. The zero-order chi connectivity index (χ0) is 12.0. The summed E-state index contributed by atoms with van der Waals surface area (Å²) in [5.41, 5.74) is -0.571. The van der Waals surface area contributed by atoms with Crippen LogP contribution in [0.15, 0.2) is 17.5 Å². The van der Waals surface area contributed by atoms with Gasteiger partial charge >= 0.3 is 0 Å². The molecular formula is C13H23NOS. The molecule has 2 atom stereocenters. The lowest BCUT2D eigenvalue weighted by Crippen LogP contribution is -2.42. The maximum atomic E-state index is 10.0. The molecule has 2 N–H and O–H groups in total. The molecule has 16 heavy (non-hydrogen) atoms. The van der Waals surface area contributed by atoms with Crippen LogP contribution in [0.3, 0.4) is 0 Å². The molecule has 0 bridgehead atoms. The number of hydrogen-bond donors (Lipinski definition) is 2. The first kappa shape index (κ1) is 13.7. The van der Waals surface area contributed by atoms with Gasteiger partial charge in [0.2, 0.25) is 0 Å². The molecule has 1 aromatic heterocycles. The summed E-state index contributed by atoms with van der Waals surface area (Å²) in [5.74, 6) is 0. The van der Waals surface area contributed by atoms with Gasteiger partial charge in [-0.25, -0.2) is 0 Å². The monoisotopic (exact) mass is 241 g/mol. The fraction of sp³-hybridized carbons (Fsp3) is 0.692. The Morgan fingerprint density at radius 2 is 2.31 bits per heavy atom. The summed E-state index contributed by atoms with van der Waals surface area (Å²) < 4.78 is 0. The van der Waals surface area contributed by atoms with Crippen molar-refractivity contribution in [2.75, 3.05) is 6.54 Å². The van der Waals surface area contributed by atoms with Crippen molar-refractivity contribution in [1.82, 2.24) is 5.32 Å². The summed E-state index contributed by atoms with van der Waals surface area (Å²) in [7, 11) is 0. The molecule has 0 spiro atoms. The SMILES string of the molecule is CCCC(C)(O)CNC(C)Cc1cccs1. The Hall–Kier alpha value is -0.380. The van der Waals surface area contributed by atoms with Crippen LogP contribution < -0.4 is 5.32 Å². The number of aliphatic hydroxyl groups is 1. The minimum absolute atomic E-state index is 0.419. The second kappa shape index (κ2) is 6.38. The molecule has 0 aliphatic carbocycles. The lowest BCUT2D eigenvalue weighted by Gasteiger charge is -2.25. The molecule has 2 unspecified atom stereocenters. The van der Waals surface area contributed by atoms with Crippen LogP contribution in [0.25, 0.3) is 0 Å². The fourth-order valence-corrected chi connectivity index (χ4v) is 2.66. The smallest absolute Gasteiger partial charge is 0.0743 e. The third-order valence-electron chi connectivity index (χ3n) is 2.71. The highest BCUT2D eigenvalue weighted by Crippen LogP contribution is 2.13. The van der Waals surface area contributed by atoms with E-state index in [-0.39, 0.29) is 0 Å². The van der Waals surface area contributed by atoms with E-state index in [2.05, 4.69) is 36.7 Å². The first-order chi connectivity index (χ1) is 7.53. The molecule has 0 saturated carbocycles. The Kier molecular flexibility index (Phi) is 5.46. The van der Waals surface area contributed by atoms with Gasteiger partial charge in [0.1, 0.15) is 0 Å². The van der Waals surface area contributed by atoms with Crippen LogP contribution in [0.1, 0.15) is 38.5 Å². The minimum atomic E-state index is -0.571. The van der Waals surface area contributed by atoms with Crippen LogP contribution in [0.2, 0.25) is 0 Å². The summed E-state index contributed by atoms with van der Waals surface area (Å²) in [6.45, 7) is 6.85. The van der Waals surface area contributed by atoms with Crippen molar-refractivity contribution < 1.29 is 5.11 Å². The van der Waals surface area contributed by atoms with Crippen LogP contribution in [0.4, 0.5) is 0 Å². The standard InChI is InChI=1S/C13H23NOS/c1-4-7-13(3,15)10-14-11(2)9-12-6-5-8-16-12/h5-6,8,11,14-15H,4,7,9-10H2,1-3H3. The van der Waals surface area contributed by atoms with E-state index in [1.807, 2.05) is 6.92 Å². The third kappa shape index (κ3) is 5.10. The summed E-state index contributed by atoms with van der Waals surface area (Å²) in [6.07, 6.45) is 2.92. The molecule has 3 heteroatoms. The molecule has 1 heterocycles. The molecular weight excluding hydrogens is 218 g/mol. The number of rotatable bonds is 7. The molecule has 0 amide bonds. The van der Waals surface area contributed by atoms with Gasteiger partial charge < -0.3 is 10.4 Å². The van der Waals surface area contributed by atoms with Crippen molar-refractivity contribution in [3.05, 3.63) is 22.4 Å². The fourth-order valence-electron chi connectivity index (χ4n) is 1.82. The Labute approximate surface area is 103 Å². The van der Waals surface area contributed by atoms with E-state index in [1.165, 1.54) is 4.88 Å². The average Bonchev–Trinajstić information content (AvgIpc) is 2.68. The lowest BCUT2D eigenvalue weighted by molar-refractivity contribution is 0.0477. The quantitative estimate of drug-likeness (QED) is 0.769. The first-order valence-corrected chi connectivity index (χ1v) is 6.89. The van der Waals surface area contributed by atoms with Crippen molar-refractivity contribution in [3.8, 4) is 0 Å². The predicted octanol–water partition coefficient (Wildman–Crippen LogP) is 2.82. The van der Waals surface area contributed by atoms with Gasteiger partial charge in [-0.3, -0.25) is 0 Å². The van der Waals surface area contributed by atoms with Gasteiger partial charge in [0.25, 0.3) is 0 Å². The van der Waals surface area contributed by atoms with Crippen molar-refractivity contribution in [2.24, 2.45) is 0 Å². The zero-order valence-corrected chi connectivity index (χ0v) is 11.3. The Morgan fingerprint density at radius 1 is 1.56 bits per heavy atom.